The molecule has 2 aliphatic rings. The number of piperazine rings is 1. The average Bonchev–Trinajstić information content (AvgIpc) is 2.90. The van der Waals surface area contributed by atoms with Crippen molar-refractivity contribution in [1.29, 1.82) is 0 Å². The number of hydrogen-bond donors (Lipinski definition) is 1. The van der Waals surface area contributed by atoms with Crippen LogP contribution in [0.5, 0.6) is 0 Å². The molecule has 2 atom stereocenters. The van der Waals surface area contributed by atoms with Crippen LogP contribution in [-0.2, 0) is 6.54 Å². The van der Waals surface area contributed by atoms with Gasteiger partial charge in [0, 0.05) is 61.1 Å². The highest BCUT2D eigenvalue weighted by Crippen LogP contribution is 2.34. The number of amides is 1. The van der Waals surface area contributed by atoms with E-state index in [9.17, 15) is 9.18 Å². The number of piperidine rings is 1. The minimum absolute atomic E-state index is 0.166. The number of halogens is 3. The number of carbonyl (C=O) groups is 1. The molecule has 0 bridgehead atoms. The van der Waals surface area contributed by atoms with Crippen LogP contribution < -0.4 is 10.2 Å². The molecule has 2 aliphatic heterocycles. The summed E-state index contributed by atoms with van der Waals surface area (Å²) < 4.78 is 14.4. The first-order chi connectivity index (χ1) is 18.7. The Labute approximate surface area is 242 Å². The highest BCUT2D eigenvalue weighted by Gasteiger charge is 2.38. The van der Waals surface area contributed by atoms with E-state index in [1.807, 2.05) is 6.92 Å². The lowest BCUT2D eigenvalue weighted by atomic mass is 9.93. The predicted molar refractivity (Wildman–Crippen MR) is 158 cm³/mol. The highest BCUT2D eigenvalue weighted by molar-refractivity contribution is 6.33. The van der Waals surface area contributed by atoms with Crippen molar-refractivity contribution in [1.82, 2.24) is 20.1 Å². The first kappa shape index (κ1) is 29.8. The van der Waals surface area contributed by atoms with Crippen molar-refractivity contribution in [2.24, 2.45) is 0 Å². The third-order valence-corrected chi connectivity index (χ3v) is 8.44. The van der Waals surface area contributed by atoms with Crippen LogP contribution in [0.2, 0.25) is 10.0 Å². The maximum Gasteiger partial charge on any atom is 0.252 e. The van der Waals surface area contributed by atoms with Crippen molar-refractivity contribution >= 4 is 34.9 Å². The van der Waals surface area contributed by atoms with Gasteiger partial charge in [-0.15, -0.1) is 6.58 Å². The van der Waals surface area contributed by atoms with Gasteiger partial charge in [-0.1, -0.05) is 41.8 Å². The molecule has 39 heavy (non-hydrogen) atoms. The largest absolute Gasteiger partial charge is 0.352 e. The average molecular weight is 577 g/mol. The molecule has 9 heteroatoms. The summed E-state index contributed by atoms with van der Waals surface area (Å²) in [4.78, 5) is 24.3. The summed E-state index contributed by atoms with van der Waals surface area (Å²) in [5, 5.41) is 3.74. The van der Waals surface area contributed by atoms with E-state index in [0.717, 1.165) is 63.3 Å². The molecule has 0 spiro atoms. The van der Waals surface area contributed by atoms with Gasteiger partial charge in [-0.05, 0) is 70.8 Å². The fourth-order valence-corrected chi connectivity index (χ4v) is 6.37. The molecule has 1 aromatic heterocycles. The van der Waals surface area contributed by atoms with E-state index in [1.165, 1.54) is 6.07 Å². The second-order valence-electron chi connectivity index (χ2n) is 10.9. The molecule has 1 aromatic carbocycles. The van der Waals surface area contributed by atoms with Crippen molar-refractivity contribution in [2.75, 3.05) is 37.6 Å². The Morgan fingerprint density at radius 1 is 1.15 bits per heavy atom. The van der Waals surface area contributed by atoms with E-state index in [4.69, 9.17) is 23.2 Å². The Bertz CT molecular complexity index is 1170. The van der Waals surface area contributed by atoms with E-state index in [-0.39, 0.29) is 23.8 Å². The summed E-state index contributed by atoms with van der Waals surface area (Å²) in [5.74, 6) is 0.336. The summed E-state index contributed by atoms with van der Waals surface area (Å²) in [6, 6.07) is 7.67. The lowest BCUT2D eigenvalue weighted by Crippen LogP contribution is -2.62. The molecule has 0 radical (unpaired) electrons. The van der Waals surface area contributed by atoms with E-state index in [1.54, 1.807) is 24.4 Å². The lowest BCUT2D eigenvalue weighted by molar-refractivity contribution is 0.0492. The highest BCUT2D eigenvalue weighted by atomic mass is 35.5. The maximum absolute atomic E-state index is 14.4. The van der Waals surface area contributed by atoms with Crippen molar-refractivity contribution < 1.29 is 9.18 Å². The van der Waals surface area contributed by atoms with Crippen LogP contribution in [0, 0.1) is 5.82 Å². The molecule has 1 amide bonds. The molecule has 6 nitrogen and oxygen atoms in total. The van der Waals surface area contributed by atoms with Crippen molar-refractivity contribution in [3.8, 4) is 0 Å². The molecule has 2 aromatic rings. The number of aromatic nitrogens is 1. The van der Waals surface area contributed by atoms with E-state index in [0.29, 0.717) is 40.3 Å². The Balaban J connectivity index is 1.47. The number of benzene rings is 1. The second-order valence-corrected chi connectivity index (χ2v) is 11.7. The first-order valence-electron chi connectivity index (χ1n) is 14.0. The molecule has 212 valence electrons. The molecule has 0 unspecified atom stereocenters. The summed E-state index contributed by atoms with van der Waals surface area (Å²) in [7, 11) is 0. The number of carbonyl (C=O) groups excluding carboxylic acids is 1. The standard InChI is InChI=1S/C30H40Cl2FN5O/c1-5-24-18-37(25-9-11-36(12-10-25)17-21-7-8-23(31)15-28(21)33)26(13-20(3)4)19-38(24)29-27(32)14-22(16-35-29)30(39)34-6-2/h7-8,14-16,24-26H,3,5-6,9-13,17-19H2,1-2,4H3,(H,34,39)/t24-,26+/m1/s1. The van der Waals surface area contributed by atoms with Crippen molar-refractivity contribution in [3.05, 3.63) is 69.6 Å². The molecular formula is C30H40Cl2FN5O. The minimum atomic E-state index is -0.237. The van der Waals surface area contributed by atoms with E-state index in [2.05, 4.69) is 45.4 Å². The minimum Gasteiger partial charge on any atom is -0.352 e. The van der Waals surface area contributed by atoms with Gasteiger partial charge in [0.25, 0.3) is 5.91 Å². The molecule has 1 N–H and O–H groups in total. The van der Waals surface area contributed by atoms with Crippen LogP contribution >= 0.6 is 23.2 Å². The third-order valence-electron chi connectivity index (χ3n) is 7.92. The van der Waals surface area contributed by atoms with Gasteiger partial charge in [-0.2, -0.15) is 0 Å². The molecule has 0 aliphatic carbocycles. The normalized spacial score (nSPS) is 21.2. The summed E-state index contributed by atoms with van der Waals surface area (Å²) >= 11 is 12.6. The maximum atomic E-state index is 14.4. The van der Waals surface area contributed by atoms with Gasteiger partial charge in [0.1, 0.15) is 11.6 Å². The monoisotopic (exact) mass is 575 g/mol. The van der Waals surface area contributed by atoms with E-state index < -0.39 is 0 Å². The van der Waals surface area contributed by atoms with Gasteiger partial charge in [0.15, 0.2) is 0 Å². The summed E-state index contributed by atoms with van der Waals surface area (Å²) in [6.07, 6.45) is 5.56. The van der Waals surface area contributed by atoms with Gasteiger partial charge in [-0.25, -0.2) is 9.37 Å². The van der Waals surface area contributed by atoms with Crippen LogP contribution in [0.25, 0.3) is 0 Å². The van der Waals surface area contributed by atoms with Crippen LogP contribution in [-0.4, -0.2) is 71.5 Å². The number of hydrogen-bond acceptors (Lipinski definition) is 5. The fraction of sp³-hybridized carbons (Fsp3) is 0.533. The fourth-order valence-electron chi connectivity index (χ4n) is 5.94. The Kier molecular flexibility index (Phi) is 10.3. The number of likely N-dealkylation sites (tertiary alicyclic amines) is 1. The predicted octanol–water partition coefficient (Wildman–Crippen LogP) is 6.18. The Morgan fingerprint density at radius 3 is 2.51 bits per heavy atom. The van der Waals surface area contributed by atoms with Crippen LogP contribution in [0.15, 0.2) is 42.6 Å². The van der Waals surface area contributed by atoms with Crippen LogP contribution in [0.1, 0.15) is 62.4 Å². The van der Waals surface area contributed by atoms with Crippen LogP contribution in [0.3, 0.4) is 0 Å². The second kappa shape index (κ2) is 13.4. The Morgan fingerprint density at radius 2 is 1.90 bits per heavy atom. The Hall–Kier alpha value is -2.19. The van der Waals surface area contributed by atoms with Crippen LogP contribution in [0.4, 0.5) is 10.2 Å². The molecule has 3 heterocycles. The SMILES string of the molecule is C=C(C)C[C@H]1CN(c2ncc(C(=O)NCC)cc2Cl)[C@H](CC)CN1C1CCN(Cc2ccc(Cl)cc2F)CC1. The van der Waals surface area contributed by atoms with Gasteiger partial charge in [-0.3, -0.25) is 14.6 Å². The molecule has 2 fully saturated rings. The lowest BCUT2D eigenvalue weighted by Gasteiger charge is -2.51. The number of nitrogens with zero attached hydrogens (tertiary/aromatic N) is 4. The molecule has 2 saturated heterocycles. The topological polar surface area (TPSA) is 51.7 Å². The number of rotatable bonds is 9. The third kappa shape index (κ3) is 7.31. The molecule has 4 rings (SSSR count). The number of pyridine rings is 1. The van der Waals surface area contributed by atoms with Gasteiger partial charge < -0.3 is 10.2 Å². The molecule has 0 saturated carbocycles. The number of anilines is 1. The van der Waals surface area contributed by atoms with E-state index >= 15 is 0 Å². The summed E-state index contributed by atoms with van der Waals surface area (Å²) in [5.41, 5.74) is 2.32. The van der Waals surface area contributed by atoms with Crippen molar-refractivity contribution in [2.45, 2.75) is 71.1 Å². The smallest absolute Gasteiger partial charge is 0.252 e. The summed E-state index contributed by atoms with van der Waals surface area (Å²) in [6.45, 7) is 15.1. The van der Waals surface area contributed by atoms with Crippen molar-refractivity contribution in [3.63, 3.8) is 0 Å². The zero-order valence-corrected chi connectivity index (χ0v) is 24.7. The van der Waals surface area contributed by atoms with Gasteiger partial charge in [0.2, 0.25) is 0 Å². The first-order valence-corrected chi connectivity index (χ1v) is 14.7. The van der Waals surface area contributed by atoms with Gasteiger partial charge in [0.05, 0.1) is 10.6 Å². The number of nitrogens with one attached hydrogen (secondary N) is 1. The zero-order chi connectivity index (χ0) is 28.1. The molecular weight excluding hydrogens is 536 g/mol. The quantitative estimate of drug-likeness (QED) is 0.362. The zero-order valence-electron chi connectivity index (χ0n) is 23.2. The van der Waals surface area contributed by atoms with Gasteiger partial charge >= 0.3 is 0 Å².